The van der Waals surface area contributed by atoms with Gasteiger partial charge in [0.05, 0.1) is 24.1 Å². The van der Waals surface area contributed by atoms with Crippen LogP contribution in [0.15, 0.2) is 48.7 Å². The number of carbonyl (C=O) groups excluding carboxylic acids is 2. The van der Waals surface area contributed by atoms with Gasteiger partial charge >= 0.3 is 0 Å². The van der Waals surface area contributed by atoms with Crippen LogP contribution in [0.1, 0.15) is 30.5 Å². The van der Waals surface area contributed by atoms with Crippen LogP contribution in [0.2, 0.25) is 0 Å². The molecular weight excluding hydrogens is 354 g/mol. The van der Waals surface area contributed by atoms with Crippen molar-refractivity contribution in [1.82, 2.24) is 15.2 Å². The molecule has 1 N–H and O–H groups in total. The van der Waals surface area contributed by atoms with Crippen molar-refractivity contribution in [3.05, 3.63) is 59.8 Å². The summed E-state index contributed by atoms with van der Waals surface area (Å²) in [7, 11) is 0. The molecule has 0 bridgehead atoms. The van der Waals surface area contributed by atoms with Gasteiger partial charge in [-0.15, -0.1) is 0 Å². The Balaban J connectivity index is 1.60. The monoisotopic (exact) mass is 377 g/mol. The number of anilines is 1. The van der Waals surface area contributed by atoms with E-state index in [2.05, 4.69) is 21.3 Å². The third-order valence-corrected chi connectivity index (χ3v) is 4.79. The number of pyridine rings is 1. The van der Waals surface area contributed by atoms with E-state index in [1.807, 2.05) is 35.2 Å². The fourth-order valence-electron chi connectivity index (χ4n) is 3.33. The van der Waals surface area contributed by atoms with Crippen molar-refractivity contribution in [1.29, 1.82) is 5.26 Å². The Bertz CT molecular complexity index is 870. The minimum atomic E-state index is -0.335. The van der Waals surface area contributed by atoms with E-state index in [-0.39, 0.29) is 24.3 Å². The number of aromatic nitrogens is 1. The predicted molar refractivity (Wildman–Crippen MR) is 105 cm³/mol. The predicted octanol–water partition coefficient (Wildman–Crippen LogP) is 1.87. The van der Waals surface area contributed by atoms with Crippen molar-refractivity contribution in [2.45, 2.75) is 19.4 Å². The molecule has 2 aromatic rings. The highest BCUT2D eigenvalue weighted by atomic mass is 16.2. The number of amides is 2. The summed E-state index contributed by atoms with van der Waals surface area (Å²) in [6.45, 7) is 3.94. The van der Waals surface area contributed by atoms with E-state index in [1.54, 1.807) is 18.3 Å². The second-order valence-corrected chi connectivity index (χ2v) is 6.75. The van der Waals surface area contributed by atoms with Gasteiger partial charge in [0.2, 0.25) is 11.8 Å². The number of nitrogens with one attached hydrogen (secondary N) is 1. The lowest BCUT2D eigenvalue weighted by Gasteiger charge is -2.36. The zero-order valence-electron chi connectivity index (χ0n) is 15.8. The van der Waals surface area contributed by atoms with Gasteiger partial charge in [-0.3, -0.25) is 9.59 Å². The summed E-state index contributed by atoms with van der Waals surface area (Å²) in [6.07, 6.45) is 1.86. The van der Waals surface area contributed by atoms with Gasteiger partial charge in [0.25, 0.3) is 0 Å². The van der Waals surface area contributed by atoms with Crippen LogP contribution in [0.4, 0.5) is 5.82 Å². The first kappa shape index (κ1) is 19.4. The topological polar surface area (TPSA) is 89.3 Å². The molecule has 1 aliphatic heterocycles. The van der Waals surface area contributed by atoms with Gasteiger partial charge in [-0.1, -0.05) is 30.3 Å². The lowest BCUT2D eigenvalue weighted by molar-refractivity contribution is -0.132. The Hall–Kier alpha value is -3.40. The van der Waals surface area contributed by atoms with E-state index < -0.39 is 0 Å². The summed E-state index contributed by atoms with van der Waals surface area (Å²) in [5.74, 6) is 0.613. The van der Waals surface area contributed by atoms with Crippen molar-refractivity contribution in [3.63, 3.8) is 0 Å². The third-order valence-electron chi connectivity index (χ3n) is 4.79. The Labute approximate surface area is 164 Å². The van der Waals surface area contributed by atoms with Gasteiger partial charge in [-0.2, -0.15) is 5.26 Å². The summed E-state index contributed by atoms with van der Waals surface area (Å²) in [6, 6.07) is 14.8. The molecule has 1 saturated heterocycles. The lowest BCUT2D eigenvalue weighted by Crippen LogP contribution is -2.49. The minimum Gasteiger partial charge on any atom is -0.353 e. The van der Waals surface area contributed by atoms with Gasteiger partial charge in [0.1, 0.15) is 5.82 Å². The molecule has 3 rings (SSSR count). The Morgan fingerprint density at radius 3 is 2.54 bits per heavy atom. The van der Waals surface area contributed by atoms with Crippen LogP contribution < -0.4 is 10.2 Å². The molecule has 1 unspecified atom stereocenters. The smallest absolute Gasteiger partial charge is 0.225 e. The second kappa shape index (κ2) is 9.00. The number of hydrogen-bond donors (Lipinski definition) is 1. The molecule has 7 nitrogen and oxygen atoms in total. The fraction of sp³-hybridized carbons (Fsp3) is 0.333. The van der Waals surface area contributed by atoms with Crippen LogP contribution >= 0.6 is 0 Å². The average Bonchev–Trinajstić information content (AvgIpc) is 2.73. The van der Waals surface area contributed by atoms with Crippen LogP contribution in [0.25, 0.3) is 0 Å². The van der Waals surface area contributed by atoms with Gasteiger partial charge in [0.15, 0.2) is 0 Å². The maximum absolute atomic E-state index is 12.8. The van der Waals surface area contributed by atoms with Crippen molar-refractivity contribution >= 4 is 17.6 Å². The van der Waals surface area contributed by atoms with Gasteiger partial charge in [-0.25, -0.2) is 4.98 Å². The molecule has 1 aliphatic rings. The Morgan fingerprint density at radius 1 is 1.18 bits per heavy atom. The molecule has 1 atom stereocenters. The van der Waals surface area contributed by atoms with Gasteiger partial charge < -0.3 is 15.1 Å². The van der Waals surface area contributed by atoms with Crippen molar-refractivity contribution in [2.75, 3.05) is 31.1 Å². The number of nitrogens with zero attached hydrogens (tertiary/aromatic N) is 4. The summed E-state index contributed by atoms with van der Waals surface area (Å²) in [5.41, 5.74) is 1.49. The first-order valence-electron chi connectivity index (χ1n) is 9.27. The number of benzene rings is 1. The zero-order valence-corrected chi connectivity index (χ0v) is 15.8. The van der Waals surface area contributed by atoms with Crippen molar-refractivity contribution < 1.29 is 9.59 Å². The first-order chi connectivity index (χ1) is 13.6. The van der Waals surface area contributed by atoms with Gasteiger partial charge in [-0.05, 0) is 17.7 Å². The summed E-state index contributed by atoms with van der Waals surface area (Å²) >= 11 is 0. The molecule has 1 fully saturated rings. The molecule has 2 heterocycles. The standard InChI is InChI=1S/C21H23N5O2/c1-16(27)24-19(18-5-3-2-4-6-18)14-21(28)26-11-9-25(10-12-26)20-13-17(15-22)7-8-23-20/h2-8,13,19H,9-12,14H2,1H3,(H,24,27). The Morgan fingerprint density at radius 2 is 1.89 bits per heavy atom. The van der Waals surface area contributed by atoms with Crippen molar-refractivity contribution in [3.8, 4) is 6.07 Å². The van der Waals surface area contributed by atoms with Crippen LogP contribution in [-0.2, 0) is 9.59 Å². The summed E-state index contributed by atoms with van der Waals surface area (Å²) in [4.78, 5) is 32.6. The highest BCUT2D eigenvalue weighted by Gasteiger charge is 2.25. The van der Waals surface area contributed by atoms with Crippen LogP contribution in [-0.4, -0.2) is 47.9 Å². The van der Waals surface area contributed by atoms with Crippen LogP contribution in [0.3, 0.4) is 0 Å². The quantitative estimate of drug-likeness (QED) is 0.859. The molecule has 0 spiro atoms. The zero-order chi connectivity index (χ0) is 19.9. The third kappa shape index (κ3) is 4.86. The van der Waals surface area contributed by atoms with Crippen molar-refractivity contribution in [2.24, 2.45) is 0 Å². The fourth-order valence-corrected chi connectivity index (χ4v) is 3.33. The van der Waals surface area contributed by atoms with E-state index >= 15 is 0 Å². The molecular formula is C21H23N5O2. The minimum absolute atomic E-state index is 0.0148. The molecule has 28 heavy (non-hydrogen) atoms. The Kier molecular flexibility index (Phi) is 6.22. The van der Waals surface area contributed by atoms with E-state index in [4.69, 9.17) is 5.26 Å². The number of nitriles is 1. The molecule has 144 valence electrons. The molecule has 0 aliphatic carbocycles. The number of rotatable bonds is 5. The van der Waals surface area contributed by atoms with E-state index in [9.17, 15) is 9.59 Å². The highest BCUT2D eigenvalue weighted by Crippen LogP contribution is 2.20. The molecule has 1 aromatic heterocycles. The molecule has 0 saturated carbocycles. The molecule has 1 aromatic carbocycles. The lowest BCUT2D eigenvalue weighted by atomic mass is 10.0. The first-order valence-corrected chi connectivity index (χ1v) is 9.27. The van der Waals surface area contributed by atoms with E-state index in [0.717, 1.165) is 11.4 Å². The number of carbonyl (C=O) groups is 2. The maximum Gasteiger partial charge on any atom is 0.225 e. The molecule has 0 radical (unpaired) electrons. The van der Waals surface area contributed by atoms with Crippen LogP contribution in [0, 0.1) is 11.3 Å². The summed E-state index contributed by atoms with van der Waals surface area (Å²) < 4.78 is 0. The van der Waals surface area contributed by atoms with Gasteiger partial charge in [0, 0.05) is 39.3 Å². The van der Waals surface area contributed by atoms with E-state index in [0.29, 0.717) is 31.7 Å². The maximum atomic E-state index is 12.8. The number of piperazine rings is 1. The SMILES string of the molecule is CC(=O)NC(CC(=O)N1CCN(c2cc(C#N)ccn2)CC1)c1ccccc1. The van der Waals surface area contributed by atoms with E-state index in [1.165, 1.54) is 6.92 Å². The molecule has 7 heteroatoms. The molecule has 2 amide bonds. The highest BCUT2D eigenvalue weighted by molar-refractivity contribution is 5.79. The average molecular weight is 377 g/mol. The normalized spacial score (nSPS) is 14.9. The largest absolute Gasteiger partial charge is 0.353 e. The van der Waals surface area contributed by atoms with Crippen LogP contribution in [0.5, 0.6) is 0 Å². The second-order valence-electron chi connectivity index (χ2n) is 6.75. The summed E-state index contributed by atoms with van der Waals surface area (Å²) in [5, 5.41) is 11.9. The number of hydrogen-bond acceptors (Lipinski definition) is 5.